The van der Waals surface area contributed by atoms with Crippen molar-refractivity contribution in [1.82, 2.24) is 14.8 Å². The molecule has 0 bridgehead atoms. The number of phenols is 1. The first kappa shape index (κ1) is 27.7. The van der Waals surface area contributed by atoms with Crippen molar-refractivity contribution in [3.05, 3.63) is 100 Å². The van der Waals surface area contributed by atoms with E-state index in [2.05, 4.69) is 42.9 Å². The van der Waals surface area contributed by atoms with Crippen LogP contribution in [-0.2, 0) is 19.4 Å². The summed E-state index contributed by atoms with van der Waals surface area (Å²) in [6.45, 7) is 6.43. The molecule has 1 aromatic heterocycles. The summed E-state index contributed by atoms with van der Waals surface area (Å²) in [6, 6.07) is 21.5. The van der Waals surface area contributed by atoms with E-state index in [0.29, 0.717) is 6.54 Å². The Morgan fingerprint density at radius 3 is 2.55 bits per heavy atom. The third-order valence-corrected chi connectivity index (χ3v) is 7.32. The molecule has 3 aromatic carbocycles. The molecule has 0 fully saturated rings. The van der Waals surface area contributed by atoms with Gasteiger partial charge in [-0.1, -0.05) is 41.9 Å². The molecule has 0 aliphatic rings. The van der Waals surface area contributed by atoms with Gasteiger partial charge in [0.05, 0.1) is 0 Å². The summed E-state index contributed by atoms with van der Waals surface area (Å²) in [7, 11) is 2.09. The predicted molar refractivity (Wildman–Crippen MR) is 157 cm³/mol. The average molecular weight is 532 g/mol. The number of aryl methyl sites for hydroxylation is 1. The van der Waals surface area contributed by atoms with Gasteiger partial charge in [-0.3, -0.25) is 4.79 Å². The second-order valence-corrected chi connectivity index (χ2v) is 10.8. The first-order chi connectivity index (χ1) is 18.3. The number of likely N-dealkylation sites (N-methyl/N-ethyl adjacent to an activating group) is 1. The number of aromatic hydroxyl groups is 1. The maximum absolute atomic E-state index is 13.7. The summed E-state index contributed by atoms with van der Waals surface area (Å²) in [5, 5.41) is 11.7. The van der Waals surface area contributed by atoms with Gasteiger partial charge in [-0.25, -0.2) is 0 Å². The van der Waals surface area contributed by atoms with Crippen LogP contribution in [0.1, 0.15) is 53.7 Å². The van der Waals surface area contributed by atoms with Gasteiger partial charge in [-0.15, -0.1) is 0 Å². The van der Waals surface area contributed by atoms with Crippen molar-refractivity contribution in [2.75, 3.05) is 20.1 Å². The Hall–Kier alpha value is -3.28. The number of rotatable bonds is 12. The van der Waals surface area contributed by atoms with Crippen LogP contribution in [0.4, 0.5) is 0 Å². The molecule has 1 amide bonds. The van der Waals surface area contributed by atoms with Gasteiger partial charge in [0.1, 0.15) is 5.75 Å². The number of benzene rings is 3. The number of carbonyl (C=O) groups excluding carboxylic acids is 1. The summed E-state index contributed by atoms with van der Waals surface area (Å²) in [6.07, 6.45) is 5.77. The molecule has 0 saturated carbocycles. The topological polar surface area (TPSA) is 59.6 Å². The van der Waals surface area contributed by atoms with Crippen LogP contribution in [0.2, 0.25) is 5.02 Å². The Morgan fingerprint density at radius 2 is 1.76 bits per heavy atom. The van der Waals surface area contributed by atoms with Crippen LogP contribution in [0.5, 0.6) is 5.75 Å². The second kappa shape index (κ2) is 13.0. The van der Waals surface area contributed by atoms with E-state index < -0.39 is 0 Å². The lowest BCUT2D eigenvalue weighted by molar-refractivity contribution is 0.0700. The number of H-pyrrole nitrogens is 1. The van der Waals surface area contributed by atoms with E-state index in [1.807, 2.05) is 59.6 Å². The van der Waals surface area contributed by atoms with E-state index in [1.165, 1.54) is 11.1 Å². The molecular weight excluding hydrogens is 494 g/mol. The van der Waals surface area contributed by atoms with E-state index in [0.717, 1.165) is 65.8 Å². The Kier molecular flexibility index (Phi) is 9.48. The number of fused-ring (bicyclic) bond motifs is 1. The van der Waals surface area contributed by atoms with Crippen LogP contribution in [-0.4, -0.2) is 52.0 Å². The number of nitrogens with one attached hydrogen (secondary N) is 1. The van der Waals surface area contributed by atoms with Crippen LogP contribution < -0.4 is 0 Å². The number of amides is 1. The van der Waals surface area contributed by atoms with E-state index in [-0.39, 0.29) is 17.7 Å². The van der Waals surface area contributed by atoms with Crippen molar-refractivity contribution in [2.45, 2.75) is 52.1 Å². The van der Waals surface area contributed by atoms with E-state index >= 15 is 0 Å². The minimum absolute atomic E-state index is 0.0962. The lowest BCUT2D eigenvalue weighted by Crippen LogP contribution is -2.38. The predicted octanol–water partition coefficient (Wildman–Crippen LogP) is 7.07. The monoisotopic (exact) mass is 531 g/mol. The zero-order chi connectivity index (χ0) is 27.1. The lowest BCUT2D eigenvalue weighted by Gasteiger charge is -2.28. The highest BCUT2D eigenvalue weighted by Gasteiger charge is 2.21. The highest BCUT2D eigenvalue weighted by atomic mass is 35.5. The van der Waals surface area contributed by atoms with Gasteiger partial charge in [0.2, 0.25) is 0 Å². The number of unbranched alkanes of at least 4 members (excludes halogenated alkanes) is 1. The minimum Gasteiger partial charge on any atom is -0.508 e. The zero-order valence-electron chi connectivity index (χ0n) is 22.6. The van der Waals surface area contributed by atoms with Gasteiger partial charge in [0, 0.05) is 53.4 Å². The molecule has 0 spiro atoms. The van der Waals surface area contributed by atoms with E-state index in [4.69, 9.17) is 11.6 Å². The second-order valence-electron chi connectivity index (χ2n) is 10.4. The molecule has 0 saturated heterocycles. The Morgan fingerprint density at radius 1 is 0.947 bits per heavy atom. The molecular formula is C32H38ClN3O2. The normalized spacial score (nSPS) is 11.5. The number of hydrogen-bond donors (Lipinski definition) is 2. The molecule has 5 nitrogen and oxygen atoms in total. The van der Waals surface area contributed by atoms with Crippen LogP contribution in [0.3, 0.4) is 0 Å². The highest BCUT2D eigenvalue weighted by Crippen LogP contribution is 2.24. The van der Waals surface area contributed by atoms with Crippen molar-refractivity contribution < 1.29 is 9.90 Å². The number of hydrogen-bond acceptors (Lipinski definition) is 3. The van der Waals surface area contributed by atoms with Crippen molar-refractivity contribution in [3.8, 4) is 5.75 Å². The standard InChI is InChI=1S/C32H38ClN3O2/c1-23(2)36(17-7-6-9-24-10-8-12-27(33)19-24)32(38)29-13-5-4-11-26(29)22-35(3)18-16-25-21-34-31-15-14-28(37)20-30(25)31/h4-5,8,10-15,19-21,23,34,37H,6-7,9,16-18,22H2,1-3H3. The van der Waals surface area contributed by atoms with Crippen LogP contribution in [0.15, 0.2) is 72.9 Å². The maximum Gasteiger partial charge on any atom is 0.254 e. The molecule has 0 aliphatic heterocycles. The molecule has 6 heteroatoms. The third-order valence-electron chi connectivity index (χ3n) is 7.09. The summed E-state index contributed by atoms with van der Waals surface area (Å²) in [5.74, 6) is 0.372. The van der Waals surface area contributed by atoms with Gasteiger partial charge in [-0.05, 0) is 99.7 Å². The fourth-order valence-corrected chi connectivity index (χ4v) is 5.19. The summed E-state index contributed by atoms with van der Waals surface area (Å²) in [5.41, 5.74) is 5.26. The van der Waals surface area contributed by atoms with Gasteiger partial charge < -0.3 is 19.9 Å². The first-order valence-electron chi connectivity index (χ1n) is 13.4. The Balaban J connectivity index is 1.36. The molecule has 4 rings (SSSR count). The molecule has 2 N–H and O–H groups in total. The molecule has 0 aliphatic carbocycles. The molecule has 0 radical (unpaired) electrons. The molecule has 38 heavy (non-hydrogen) atoms. The number of phenolic OH excluding ortho intramolecular Hbond substituents is 1. The van der Waals surface area contributed by atoms with Crippen molar-refractivity contribution >= 4 is 28.4 Å². The number of aromatic nitrogens is 1. The lowest BCUT2D eigenvalue weighted by atomic mass is 10.0. The number of nitrogens with zero attached hydrogens (tertiary/aromatic N) is 2. The van der Waals surface area contributed by atoms with Crippen molar-refractivity contribution in [3.63, 3.8) is 0 Å². The van der Waals surface area contributed by atoms with E-state index in [9.17, 15) is 9.90 Å². The van der Waals surface area contributed by atoms with Gasteiger partial charge in [0.15, 0.2) is 0 Å². The van der Waals surface area contributed by atoms with Crippen LogP contribution in [0, 0.1) is 0 Å². The van der Waals surface area contributed by atoms with Gasteiger partial charge in [0.25, 0.3) is 5.91 Å². The number of halogens is 1. The number of carbonyl (C=O) groups is 1. The maximum atomic E-state index is 13.7. The van der Waals surface area contributed by atoms with Crippen LogP contribution in [0.25, 0.3) is 10.9 Å². The van der Waals surface area contributed by atoms with Crippen LogP contribution >= 0.6 is 11.6 Å². The average Bonchev–Trinajstić information content (AvgIpc) is 3.29. The fourth-order valence-electron chi connectivity index (χ4n) is 4.97. The molecule has 0 unspecified atom stereocenters. The summed E-state index contributed by atoms with van der Waals surface area (Å²) >= 11 is 6.12. The quantitative estimate of drug-likeness (QED) is 0.192. The molecule has 1 heterocycles. The largest absolute Gasteiger partial charge is 0.508 e. The summed E-state index contributed by atoms with van der Waals surface area (Å²) in [4.78, 5) is 21.2. The van der Waals surface area contributed by atoms with Gasteiger partial charge >= 0.3 is 0 Å². The van der Waals surface area contributed by atoms with Crippen molar-refractivity contribution in [1.29, 1.82) is 0 Å². The summed E-state index contributed by atoms with van der Waals surface area (Å²) < 4.78 is 0. The Labute approximate surface area is 231 Å². The number of aromatic amines is 1. The Bertz CT molecular complexity index is 1360. The van der Waals surface area contributed by atoms with Crippen molar-refractivity contribution in [2.24, 2.45) is 0 Å². The first-order valence-corrected chi connectivity index (χ1v) is 13.8. The smallest absolute Gasteiger partial charge is 0.254 e. The zero-order valence-corrected chi connectivity index (χ0v) is 23.3. The van der Waals surface area contributed by atoms with E-state index in [1.54, 1.807) is 6.07 Å². The molecule has 0 atom stereocenters. The third kappa shape index (κ3) is 7.18. The minimum atomic E-state index is 0.0962. The fraction of sp³-hybridized carbons (Fsp3) is 0.344. The molecule has 200 valence electrons. The van der Waals surface area contributed by atoms with Gasteiger partial charge in [-0.2, -0.15) is 0 Å². The highest BCUT2D eigenvalue weighted by molar-refractivity contribution is 6.30. The molecule has 4 aromatic rings. The SMILES string of the molecule is CC(C)N(CCCCc1cccc(Cl)c1)C(=O)c1ccccc1CN(C)CCc1c[nH]c2ccc(O)cc12.